The van der Waals surface area contributed by atoms with Gasteiger partial charge in [-0.15, -0.1) is 11.3 Å². The van der Waals surface area contributed by atoms with Crippen LogP contribution in [0.5, 0.6) is 0 Å². The second kappa shape index (κ2) is 11.1. The van der Waals surface area contributed by atoms with Crippen molar-refractivity contribution in [2.75, 3.05) is 36.5 Å². The highest BCUT2D eigenvalue weighted by molar-refractivity contribution is 8.00. The van der Waals surface area contributed by atoms with Gasteiger partial charge in [-0.3, -0.25) is 4.98 Å². The van der Waals surface area contributed by atoms with Gasteiger partial charge in [0, 0.05) is 52.9 Å². The summed E-state index contributed by atoms with van der Waals surface area (Å²) in [6.07, 6.45) is 2.75. The highest BCUT2D eigenvalue weighted by atomic mass is 32.2. The molecule has 1 fully saturated rings. The van der Waals surface area contributed by atoms with Crippen LogP contribution in [0.15, 0.2) is 34.8 Å². The van der Waals surface area contributed by atoms with Gasteiger partial charge in [0.05, 0.1) is 31.1 Å². The molecule has 3 aromatic heterocycles. The lowest BCUT2D eigenvalue weighted by Gasteiger charge is -2.30. The third kappa shape index (κ3) is 5.76. The summed E-state index contributed by atoms with van der Waals surface area (Å²) in [5.41, 5.74) is 4.87. The summed E-state index contributed by atoms with van der Waals surface area (Å²) in [5, 5.41) is 3.40. The Hall–Kier alpha value is -2.23. The van der Waals surface area contributed by atoms with Crippen molar-refractivity contribution >= 4 is 34.6 Å². The summed E-state index contributed by atoms with van der Waals surface area (Å²) >= 11 is 3.24. The summed E-state index contributed by atoms with van der Waals surface area (Å²) in [6, 6.07) is 8.14. The number of alkyl halides is 1. The lowest BCUT2D eigenvalue weighted by Crippen LogP contribution is -2.36. The van der Waals surface area contributed by atoms with Crippen LogP contribution in [0.25, 0.3) is 0 Å². The highest BCUT2D eigenvalue weighted by Crippen LogP contribution is 2.34. The molecule has 170 valence electrons. The van der Waals surface area contributed by atoms with Gasteiger partial charge in [0.2, 0.25) is 0 Å². The number of nitrogens with one attached hydrogen (secondary N) is 1. The Kier molecular flexibility index (Phi) is 7.94. The monoisotopic (exact) mass is 473 g/mol. The van der Waals surface area contributed by atoms with Crippen LogP contribution in [-0.4, -0.2) is 41.3 Å². The second-order valence-electron chi connectivity index (χ2n) is 7.55. The molecule has 3 aromatic rings. The summed E-state index contributed by atoms with van der Waals surface area (Å²) in [7, 11) is 0. The summed E-state index contributed by atoms with van der Waals surface area (Å²) in [5.74, 6) is 1.56. The molecule has 0 saturated carbocycles. The van der Waals surface area contributed by atoms with Crippen LogP contribution in [0.4, 0.5) is 15.9 Å². The van der Waals surface area contributed by atoms with Crippen LogP contribution in [0.1, 0.15) is 34.4 Å². The van der Waals surface area contributed by atoms with Gasteiger partial charge in [-0.1, -0.05) is 24.8 Å². The fourth-order valence-corrected chi connectivity index (χ4v) is 5.72. The predicted octanol–water partition coefficient (Wildman–Crippen LogP) is 5.01. The molecule has 9 heteroatoms. The molecule has 0 bridgehead atoms. The number of nitrogens with zero attached hydrogens (tertiary/aromatic N) is 4. The number of pyridine rings is 2. The van der Waals surface area contributed by atoms with E-state index in [0.29, 0.717) is 12.2 Å². The number of rotatable bonds is 9. The fourth-order valence-electron chi connectivity index (χ4n) is 3.60. The van der Waals surface area contributed by atoms with Gasteiger partial charge < -0.3 is 15.0 Å². The zero-order chi connectivity index (χ0) is 22.3. The molecule has 0 aromatic carbocycles. The predicted molar refractivity (Wildman–Crippen MR) is 129 cm³/mol. The Morgan fingerprint density at radius 2 is 2.09 bits per heavy atom. The Morgan fingerprint density at radius 1 is 1.25 bits per heavy atom. The minimum Gasteiger partial charge on any atom is -0.378 e. The number of hydrogen-bond acceptors (Lipinski definition) is 8. The topological polar surface area (TPSA) is 63.2 Å². The van der Waals surface area contributed by atoms with Crippen molar-refractivity contribution < 1.29 is 9.13 Å². The maximum absolute atomic E-state index is 13.2. The van der Waals surface area contributed by atoms with E-state index in [1.807, 2.05) is 38.2 Å². The Balaban J connectivity index is 1.50. The minimum absolute atomic E-state index is 0.503. The molecule has 0 aliphatic carbocycles. The summed E-state index contributed by atoms with van der Waals surface area (Å²) < 4.78 is 19.7. The Bertz CT molecular complexity index is 1020. The number of morpholine rings is 1. The van der Waals surface area contributed by atoms with Crippen LogP contribution in [0, 0.1) is 6.92 Å². The van der Waals surface area contributed by atoms with Crippen molar-refractivity contribution in [1.82, 2.24) is 15.0 Å². The van der Waals surface area contributed by atoms with E-state index in [2.05, 4.69) is 31.2 Å². The first-order valence-electron chi connectivity index (χ1n) is 10.8. The molecule has 0 atom stereocenters. The SMILES string of the molecule is CCc1sc(SCc2cnc(NCc3cccc(C)n3)cc2N2CCOCC2)nc1CF. The summed E-state index contributed by atoms with van der Waals surface area (Å²) in [6.45, 7) is 7.29. The standard InChI is InChI=1S/C23H28FN5OS2/c1-3-21-19(12-24)28-23(32-21)31-15-17-13-25-22(11-20(17)29-7-9-30-10-8-29)26-14-18-6-4-5-16(2)27-18/h4-6,11,13H,3,7-10,12,14-15H2,1-2H3,(H,25,26). The number of anilines is 2. The number of thioether (sulfide) groups is 1. The Labute approximate surface area is 196 Å². The van der Waals surface area contributed by atoms with E-state index in [1.54, 1.807) is 23.1 Å². The van der Waals surface area contributed by atoms with E-state index in [1.165, 1.54) is 0 Å². The van der Waals surface area contributed by atoms with E-state index >= 15 is 0 Å². The zero-order valence-electron chi connectivity index (χ0n) is 18.4. The lowest BCUT2D eigenvalue weighted by atomic mass is 10.2. The van der Waals surface area contributed by atoms with Gasteiger partial charge in [0.15, 0.2) is 4.34 Å². The van der Waals surface area contributed by atoms with E-state index in [4.69, 9.17) is 4.74 Å². The van der Waals surface area contributed by atoms with Crippen LogP contribution >= 0.6 is 23.1 Å². The maximum Gasteiger partial charge on any atom is 0.150 e. The number of hydrogen-bond donors (Lipinski definition) is 1. The third-order valence-corrected chi connectivity index (χ3v) is 7.70. The first kappa shape index (κ1) is 22.9. The molecule has 1 saturated heterocycles. The highest BCUT2D eigenvalue weighted by Gasteiger charge is 2.18. The molecule has 0 radical (unpaired) electrons. The van der Waals surface area contributed by atoms with Crippen molar-refractivity contribution in [2.24, 2.45) is 0 Å². The zero-order valence-corrected chi connectivity index (χ0v) is 20.1. The number of thiazole rings is 1. The molecule has 1 aliphatic rings. The number of aromatic nitrogens is 3. The van der Waals surface area contributed by atoms with Crippen molar-refractivity contribution in [1.29, 1.82) is 0 Å². The van der Waals surface area contributed by atoms with E-state index < -0.39 is 6.67 Å². The van der Waals surface area contributed by atoms with E-state index in [-0.39, 0.29) is 0 Å². The van der Waals surface area contributed by atoms with E-state index in [0.717, 1.165) is 76.2 Å². The normalized spacial score (nSPS) is 14.0. The average molecular weight is 474 g/mol. The Morgan fingerprint density at radius 3 is 2.81 bits per heavy atom. The van der Waals surface area contributed by atoms with Gasteiger partial charge in [0.25, 0.3) is 0 Å². The molecule has 6 nitrogen and oxygen atoms in total. The third-order valence-electron chi connectivity index (χ3n) is 5.27. The van der Waals surface area contributed by atoms with Gasteiger partial charge in [-0.05, 0) is 25.5 Å². The number of aryl methyl sites for hydroxylation is 2. The van der Waals surface area contributed by atoms with Crippen molar-refractivity contribution in [2.45, 2.75) is 43.6 Å². The summed E-state index contributed by atoms with van der Waals surface area (Å²) in [4.78, 5) is 17.1. The molecule has 0 unspecified atom stereocenters. The molecule has 0 spiro atoms. The number of ether oxygens (including phenoxy) is 1. The quantitative estimate of drug-likeness (QED) is 0.438. The van der Waals surface area contributed by atoms with Crippen LogP contribution in [0.3, 0.4) is 0 Å². The molecule has 1 aliphatic heterocycles. The van der Waals surface area contributed by atoms with Crippen molar-refractivity contribution in [3.63, 3.8) is 0 Å². The molecular formula is C23H28FN5OS2. The first-order valence-corrected chi connectivity index (χ1v) is 12.6. The second-order valence-corrected chi connectivity index (χ2v) is 9.85. The van der Waals surface area contributed by atoms with Gasteiger partial charge in [-0.2, -0.15) is 0 Å². The van der Waals surface area contributed by atoms with Crippen LogP contribution < -0.4 is 10.2 Å². The first-order chi connectivity index (χ1) is 15.7. The van der Waals surface area contributed by atoms with Crippen LogP contribution in [0.2, 0.25) is 0 Å². The number of halogens is 1. The molecule has 4 heterocycles. The molecule has 32 heavy (non-hydrogen) atoms. The average Bonchev–Trinajstić information content (AvgIpc) is 3.25. The van der Waals surface area contributed by atoms with Crippen LogP contribution in [-0.2, 0) is 30.1 Å². The maximum atomic E-state index is 13.2. The minimum atomic E-state index is -0.503. The van der Waals surface area contributed by atoms with Crippen molar-refractivity contribution in [3.05, 3.63) is 58.0 Å². The van der Waals surface area contributed by atoms with Gasteiger partial charge in [-0.25, -0.2) is 14.4 Å². The fraction of sp³-hybridized carbons (Fsp3) is 0.435. The van der Waals surface area contributed by atoms with E-state index in [9.17, 15) is 4.39 Å². The molecular weight excluding hydrogens is 445 g/mol. The smallest absolute Gasteiger partial charge is 0.150 e. The van der Waals surface area contributed by atoms with Gasteiger partial charge in [0.1, 0.15) is 12.5 Å². The van der Waals surface area contributed by atoms with Crippen molar-refractivity contribution in [3.8, 4) is 0 Å². The van der Waals surface area contributed by atoms with Gasteiger partial charge >= 0.3 is 0 Å². The molecule has 4 rings (SSSR count). The molecule has 0 amide bonds. The molecule has 1 N–H and O–H groups in total. The largest absolute Gasteiger partial charge is 0.378 e. The lowest BCUT2D eigenvalue weighted by molar-refractivity contribution is 0.122.